The smallest absolute Gasteiger partial charge is 0.163 e. The van der Waals surface area contributed by atoms with Gasteiger partial charge in [0.2, 0.25) is 0 Å². The topological polar surface area (TPSA) is 53.9 Å². The minimum absolute atomic E-state index is 0.814. The van der Waals surface area contributed by atoms with Gasteiger partial charge in [-0.1, -0.05) is 0 Å². The first-order chi connectivity index (χ1) is 10.9. The fourth-order valence-corrected chi connectivity index (χ4v) is 3.32. The van der Waals surface area contributed by atoms with Crippen LogP contribution in [0.5, 0.6) is 0 Å². The minimum atomic E-state index is 0.814. The molecule has 0 aliphatic carbocycles. The highest BCUT2D eigenvalue weighted by atomic mass is 15.2. The third-order valence-electron chi connectivity index (χ3n) is 4.49. The third kappa shape index (κ3) is 2.57. The molecule has 114 valence electrons. The SMILES string of the molecule is c1cncc(-c2nc3c(c(N4CCCCC4)n2)CNCC3)c1. The van der Waals surface area contributed by atoms with E-state index in [1.807, 2.05) is 18.3 Å². The Labute approximate surface area is 130 Å². The molecule has 0 spiro atoms. The van der Waals surface area contributed by atoms with Crippen molar-refractivity contribution in [3.63, 3.8) is 0 Å². The minimum Gasteiger partial charge on any atom is -0.356 e. The van der Waals surface area contributed by atoms with Crippen molar-refractivity contribution in [3.05, 3.63) is 35.8 Å². The van der Waals surface area contributed by atoms with Gasteiger partial charge in [-0.3, -0.25) is 4.98 Å². The number of aromatic nitrogens is 3. The summed E-state index contributed by atoms with van der Waals surface area (Å²) in [7, 11) is 0. The van der Waals surface area contributed by atoms with Crippen LogP contribution < -0.4 is 10.2 Å². The normalized spacial score (nSPS) is 18.1. The molecular weight excluding hydrogens is 274 g/mol. The van der Waals surface area contributed by atoms with E-state index in [2.05, 4.69) is 15.2 Å². The van der Waals surface area contributed by atoms with Crippen LogP contribution in [-0.4, -0.2) is 34.6 Å². The fourth-order valence-electron chi connectivity index (χ4n) is 3.32. The Morgan fingerprint density at radius 3 is 2.82 bits per heavy atom. The van der Waals surface area contributed by atoms with Crippen LogP contribution in [0.2, 0.25) is 0 Å². The molecule has 0 amide bonds. The quantitative estimate of drug-likeness (QED) is 0.920. The van der Waals surface area contributed by atoms with E-state index in [1.165, 1.54) is 30.5 Å². The molecule has 0 aromatic carbocycles. The molecule has 1 fully saturated rings. The molecule has 2 aliphatic heterocycles. The van der Waals surface area contributed by atoms with Gasteiger partial charge in [0.25, 0.3) is 0 Å². The standard InChI is InChI=1S/C17H21N5/c1-2-9-22(10-3-1)17-14-12-19-8-6-15(14)20-16(21-17)13-5-4-7-18-11-13/h4-5,7,11,19H,1-3,6,8-10,12H2. The van der Waals surface area contributed by atoms with Gasteiger partial charge in [-0.05, 0) is 31.4 Å². The van der Waals surface area contributed by atoms with Crippen LogP contribution in [0.4, 0.5) is 5.82 Å². The van der Waals surface area contributed by atoms with Crippen molar-refractivity contribution in [2.75, 3.05) is 24.5 Å². The van der Waals surface area contributed by atoms with Crippen molar-refractivity contribution in [1.29, 1.82) is 0 Å². The van der Waals surface area contributed by atoms with Crippen LogP contribution in [0.3, 0.4) is 0 Å². The summed E-state index contributed by atoms with van der Waals surface area (Å²) in [5.41, 5.74) is 3.50. The first-order valence-corrected chi connectivity index (χ1v) is 8.18. The number of nitrogens with one attached hydrogen (secondary N) is 1. The van der Waals surface area contributed by atoms with E-state index in [1.54, 1.807) is 6.20 Å². The van der Waals surface area contributed by atoms with Gasteiger partial charge in [-0.2, -0.15) is 0 Å². The second-order valence-electron chi connectivity index (χ2n) is 6.01. The van der Waals surface area contributed by atoms with Crippen molar-refractivity contribution in [2.24, 2.45) is 0 Å². The average Bonchev–Trinajstić information content (AvgIpc) is 2.62. The first kappa shape index (κ1) is 13.6. The molecule has 2 aromatic rings. The van der Waals surface area contributed by atoms with Crippen molar-refractivity contribution in [3.8, 4) is 11.4 Å². The summed E-state index contributed by atoms with van der Waals surface area (Å²) in [6.07, 6.45) is 8.46. The van der Waals surface area contributed by atoms with Gasteiger partial charge >= 0.3 is 0 Å². The number of hydrogen-bond acceptors (Lipinski definition) is 5. The highest BCUT2D eigenvalue weighted by molar-refractivity contribution is 5.60. The molecule has 2 aliphatic rings. The molecule has 2 aromatic heterocycles. The Morgan fingerprint density at radius 2 is 2.00 bits per heavy atom. The molecule has 4 rings (SSSR count). The predicted octanol–water partition coefficient (Wildman–Crippen LogP) is 2.17. The molecule has 4 heterocycles. The van der Waals surface area contributed by atoms with Gasteiger partial charge in [0.05, 0.1) is 5.69 Å². The van der Waals surface area contributed by atoms with Gasteiger partial charge < -0.3 is 10.2 Å². The highest BCUT2D eigenvalue weighted by Crippen LogP contribution is 2.28. The van der Waals surface area contributed by atoms with E-state index < -0.39 is 0 Å². The molecule has 1 saturated heterocycles. The summed E-state index contributed by atoms with van der Waals surface area (Å²) in [4.78, 5) is 16.4. The number of fused-ring (bicyclic) bond motifs is 1. The summed E-state index contributed by atoms with van der Waals surface area (Å²) in [5.74, 6) is 1.95. The van der Waals surface area contributed by atoms with Crippen molar-refractivity contribution in [1.82, 2.24) is 20.3 Å². The lowest BCUT2D eigenvalue weighted by Gasteiger charge is -2.31. The van der Waals surface area contributed by atoms with E-state index in [4.69, 9.17) is 9.97 Å². The third-order valence-corrected chi connectivity index (χ3v) is 4.49. The van der Waals surface area contributed by atoms with E-state index in [0.29, 0.717) is 0 Å². The van der Waals surface area contributed by atoms with Crippen LogP contribution >= 0.6 is 0 Å². The Kier molecular flexibility index (Phi) is 3.72. The Morgan fingerprint density at radius 1 is 1.09 bits per heavy atom. The lowest BCUT2D eigenvalue weighted by Crippen LogP contribution is -2.34. The molecule has 22 heavy (non-hydrogen) atoms. The van der Waals surface area contributed by atoms with Crippen LogP contribution in [0, 0.1) is 0 Å². The zero-order valence-corrected chi connectivity index (χ0v) is 12.8. The molecule has 0 saturated carbocycles. The van der Waals surface area contributed by atoms with Crippen molar-refractivity contribution >= 4 is 5.82 Å². The second-order valence-corrected chi connectivity index (χ2v) is 6.01. The molecule has 5 nitrogen and oxygen atoms in total. The molecule has 0 radical (unpaired) electrons. The van der Waals surface area contributed by atoms with Crippen LogP contribution in [-0.2, 0) is 13.0 Å². The molecule has 0 unspecified atom stereocenters. The lowest BCUT2D eigenvalue weighted by atomic mass is 10.0. The van der Waals surface area contributed by atoms with Crippen LogP contribution in [0.15, 0.2) is 24.5 Å². The first-order valence-electron chi connectivity index (χ1n) is 8.18. The van der Waals surface area contributed by atoms with E-state index in [9.17, 15) is 0 Å². The maximum absolute atomic E-state index is 4.91. The van der Waals surface area contributed by atoms with E-state index in [0.717, 1.165) is 49.8 Å². The zero-order valence-electron chi connectivity index (χ0n) is 12.8. The Bertz CT molecular complexity index is 650. The molecule has 0 atom stereocenters. The zero-order chi connectivity index (χ0) is 14.8. The number of nitrogens with zero attached hydrogens (tertiary/aromatic N) is 4. The summed E-state index contributed by atoms with van der Waals surface area (Å²) in [6, 6.07) is 3.98. The molecule has 0 bridgehead atoms. The largest absolute Gasteiger partial charge is 0.356 e. The van der Waals surface area contributed by atoms with Crippen molar-refractivity contribution < 1.29 is 0 Å². The van der Waals surface area contributed by atoms with Crippen molar-refractivity contribution in [2.45, 2.75) is 32.2 Å². The van der Waals surface area contributed by atoms with Gasteiger partial charge in [-0.15, -0.1) is 0 Å². The summed E-state index contributed by atoms with van der Waals surface area (Å²) < 4.78 is 0. The molecule has 1 N–H and O–H groups in total. The Balaban J connectivity index is 1.80. The van der Waals surface area contributed by atoms with Gasteiger partial charge in [0.1, 0.15) is 5.82 Å². The molecular formula is C17H21N5. The number of anilines is 1. The predicted molar refractivity (Wildman–Crippen MR) is 86.7 cm³/mol. The summed E-state index contributed by atoms with van der Waals surface area (Å²) in [6.45, 7) is 4.09. The Hall–Kier alpha value is -2.01. The maximum Gasteiger partial charge on any atom is 0.163 e. The fraction of sp³-hybridized carbons (Fsp3) is 0.471. The number of rotatable bonds is 2. The molecule has 5 heteroatoms. The number of pyridine rings is 1. The van der Waals surface area contributed by atoms with Gasteiger partial charge in [0.15, 0.2) is 5.82 Å². The van der Waals surface area contributed by atoms with E-state index >= 15 is 0 Å². The van der Waals surface area contributed by atoms with Crippen LogP contribution in [0.1, 0.15) is 30.5 Å². The average molecular weight is 295 g/mol. The number of piperidine rings is 1. The second kappa shape index (κ2) is 6.01. The summed E-state index contributed by atoms with van der Waals surface area (Å²) >= 11 is 0. The summed E-state index contributed by atoms with van der Waals surface area (Å²) in [5, 5.41) is 3.46. The highest BCUT2D eigenvalue weighted by Gasteiger charge is 2.23. The van der Waals surface area contributed by atoms with Gasteiger partial charge in [0, 0.05) is 56.1 Å². The monoisotopic (exact) mass is 295 g/mol. The van der Waals surface area contributed by atoms with Gasteiger partial charge in [-0.25, -0.2) is 9.97 Å². The van der Waals surface area contributed by atoms with E-state index in [-0.39, 0.29) is 0 Å². The van der Waals surface area contributed by atoms with Crippen LogP contribution in [0.25, 0.3) is 11.4 Å². The lowest BCUT2D eigenvalue weighted by molar-refractivity contribution is 0.562. The maximum atomic E-state index is 4.91. The number of hydrogen-bond donors (Lipinski definition) is 1.